The van der Waals surface area contributed by atoms with E-state index < -0.39 is 29.4 Å². The largest absolute Gasteiger partial charge is 0.465 e. The first-order valence-corrected chi connectivity index (χ1v) is 16.5. The first-order chi connectivity index (χ1) is 23.7. The van der Waals surface area contributed by atoms with Crippen LogP contribution in [0.1, 0.15) is 48.8 Å². The summed E-state index contributed by atoms with van der Waals surface area (Å²) in [6, 6.07) is 3.87. The molecule has 0 aliphatic carbocycles. The summed E-state index contributed by atoms with van der Waals surface area (Å²) in [5.74, 6) is -1.46. The van der Waals surface area contributed by atoms with Crippen LogP contribution in [0.4, 0.5) is 29.7 Å². The van der Waals surface area contributed by atoms with Crippen LogP contribution in [-0.4, -0.2) is 87.5 Å². The van der Waals surface area contributed by atoms with Crippen molar-refractivity contribution < 1.29 is 37.0 Å². The van der Waals surface area contributed by atoms with Gasteiger partial charge in [0.15, 0.2) is 5.82 Å². The van der Waals surface area contributed by atoms with Crippen LogP contribution in [-0.2, 0) is 18.0 Å². The number of hydrogen-bond donors (Lipinski definition) is 2. The zero-order valence-electron chi connectivity index (χ0n) is 26.3. The number of carbonyl (C=O) groups is 1. The Labute approximate surface area is 277 Å². The number of alkyl halides is 1. The summed E-state index contributed by atoms with van der Waals surface area (Å²) in [5.41, 5.74) is 5.99. The molecule has 4 aromatic rings. The lowest BCUT2D eigenvalue weighted by atomic mass is 9.90. The first kappa shape index (κ1) is 30.3. The Balaban J connectivity index is 1.26. The zero-order valence-corrected chi connectivity index (χ0v) is 26.3. The minimum atomic E-state index is -1.01. The summed E-state index contributed by atoms with van der Waals surface area (Å²) in [5, 5.41) is 20.1. The number of rotatable bonds is 5. The molecule has 4 atom stereocenters. The van der Waals surface area contributed by atoms with Crippen LogP contribution < -0.4 is 15.4 Å². The molecular weight excluding hydrogens is 643 g/mol. The van der Waals surface area contributed by atoms with Gasteiger partial charge in [0.2, 0.25) is 5.88 Å². The molecule has 0 radical (unpaired) electrons. The average molecular weight is 676 g/mol. The smallest absolute Gasteiger partial charge is 0.407 e. The van der Waals surface area contributed by atoms with Gasteiger partial charge in [0.25, 0.3) is 0 Å². The van der Waals surface area contributed by atoms with E-state index in [2.05, 4.69) is 9.88 Å². The highest BCUT2D eigenvalue weighted by atomic mass is 19.1. The maximum atomic E-state index is 17.4. The van der Waals surface area contributed by atoms with Gasteiger partial charge in [-0.15, -0.1) is 0 Å². The number of likely N-dealkylation sites (tertiary alicyclic amines) is 1. The van der Waals surface area contributed by atoms with Crippen LogP contribution in [0, 0.1) is 23.0 Å². The Kier molecular flexibility index (Phi) is 6.70. The Bertz CT molecular complexity index is 2110. The second-order valence-electron chi connectivity index (χ2n) is 13.8. The van der Waals surface area contributed by atoms with Crippen LogP contribution in [0.5, 0.6) is 6.01 Å². The number of aromatic nitrogens is 2. The van der Waals surface area contributed by atoms with Crippen molar-refractivity contribution in [3.8, 4) is 23.2 Å². The van der Waals surface area contributed by atoms with Gasteiger partial charge < -0.3 is 34.5 Å². The molecule has 49 heavy (non-hydrogen) atoms. The van der Waals surface area contributed by atoms with Crippen LogP contribution in [0.25, 0.3) is 33.0 Å². The van der Waals surface area contributed by atoms with Crippen molar-refractivity contribution in [3.05, 3.63) is 40.5 Å². The fourth-order valence-corrected chi connectivity index (χ4v) is 9.10. The van der Waals surface area contributed by atoms with E-state index >= 15 is 8.78 Å². The van der Waals surface area contributed by atoms with Crippen LogP contribution in [0.3, 0.4) is 0 Å². The molecule has 4 saturated heterocycles. The van der Waals surface area contributed by atoms with E-state index in [4.69, 9.17) is 24.6 Å². The van der Waals surface area contributed by atoms with Crippen molar-refractivity contribution in [3.63, 3.8) is 0 Å². The summed E-state index contributed by atoms with van der Waals surface area (Å²) in [4.78, 5) is 27.0. The number of carboxylic acid groups (broad SMARTS) is 1. The number of nitrogens with zero attached hydrogens (tertiary/aromatic N) is 6. The lowest BCUT2D eigenvalue weighted by molar-refractivity contribution is 0.107. The maximum Gasteiger partial charge on any atom is 0.407 e. The SMILES string of the molecule is N#Cc1c(N)oc2ccc(F)c(-c3c4c(c5c(N6C7CCC6CN(C(=O)O)C7)nc(OC[C@@]67CCCN6C[C@H](F)C7)nc5c3F)COC4)c12. The van der Waals surface area contributed by atoms with E-state index in [0.717, 1.165) is 25.5 Å². The number of nitriles is 1. The number of fused-ring (bicyclic) bond motifs is 7. The number of nitrogen functional groups attached to an aromatic ring is 1. The highest BCUT2D eigenvalue weighted by molar-refractivity contribution is 6.05. The molecule has 4 fully saturated rings. The maximum absolute atomic E-state index is 17.4. The molecule has 0 spiro atoms. The van der Waals surface area contributed by atoms with Crippen molar-refractivity contribution in [2.75, 3.05) is 43.4 Å². The zero-order chi connectivity index (χ0) is 33.8. The molecule has 12 nitrogen and oxygen atoms in total. The Morgan fingerprint density at radius 2 is 1.90 bits per heavy atom. The number of ether oxygens (including phenoxy) is 2. The van der Waals surface area contributed by atoms with E-state index in [1.54, 1.807) is 0 Å². The molecule has 9 rings (SSSR count). The summed E-state index contributed by atoms with van der Waals surface area (Å²) < 4.78 is 65.6. The lowest BCUT2D eigenvalue weighted by Gasteiger charge is -2.41. The van der Waals surface area contributed by atoms with Crippen LogP contribution >= 0.6 is 0 Å². The Hall–Kier alpha value is -4.81. The molecule has 5 aliphatic heterocycles. The third kappa shape index (κ3) is 4.39. The fraction of sp³-hybridized carbons (Fsp3) is 0.471. The third-order valence-corrected chi connectivity index (χ3v) is 11.2. The molecular formula is C34H32F3N7O5. The first-order valence-electron chi connectivity index (χ1n) is 16.5. The van der Waals surface area contributed by atoms with Gasteiger partial charge >= 0.3 is 12.1 Å². The predicted molar refractivity (Wildman–Crippen MR) is 170 cm³/mol. The van der Waals surface area contributed by atoms with Crippen molar-refractivity contribution in [1.82, 2.24) is 19.8 Å². The van der Waals surface area contributed by atoms with Crippen LogP contribution in [0.15, 0.2) is 16.5 Å². The molecule has 5 aliphatic rings. The molecule has 15 heteroatoms. The van der Waals surface area contributed by atoms with E-state index in [1.165, 1.54) is 11.0 Å². The average Bonchev–Trinajstić information content (AvgIpc) is 3.88. The van der Waals surface area contributed by atoms with Crippen molar-refractivity contribution in [1.29, 1.82) is 5.26 Å². The van der Waals surface area contributed by atoms with Gasteiger partial charge in [-0.2, -0.15) is 15.2 Å². The molecule has 2 bridgehead atoms. The predicted octanol–water partition coefficient (Wildman–Crippen LogP) is 5.09. The number of furan rings is 1. The van der Waals surface area contributed by atoms with Gasteiger partial charge in [0.05, 0.1) is 29.5 Å². The molecule has 2 aromatic carbocycles. The molecule has 254 valence electrons. The third-order valence-electron chi connectivity index (χ3n) is 11.2. The van der Waals surface area contributed by atoms with E-state index in [0.29, 0.717) is 48.1 Å². The van der Waals surface area contributed by atoms with E-state index in [1.807, 2.05) is 11.0 Å². The minimum absolute atomic E-state index is 0.0390. The minimum Gasteiger partial charge on any atom is -0.465 e. The summed E-state index contributed by atoms with van der Waals surface area (Å²) in [6.07, 6.45) is 1.39. The molecule has 0 saturated carbocycles. The molecule has 7 heterocycles. The van der Waals surface area contributed by atoms with Crippen LogP contribution in [0.2, 0.25) is 0 Å². The number of amides is 1. The number of nitrogens with two attached hydrogens (primary N) is 1. The van der Waals surface area contributed by atoms with Crippen molar-refractivity contribution in [2.45, 2.75) is 69.1 Å². The summed E-state index contributed by atoms with van der Waals surface area (Å²) in [6.45, 7) is 1.71. The van der Waals surface area contributed by atoms with E-state index in [9.17, 15) is 19.6 Å². The second-order valence-corrected chi connectivity index (χ2v) is 13.8. The fourth-order valence-electron chi connectivity index (χ4n) is 9.10. The van der Waals surface area contributed by atoms with Gasteiger partial charge in [-0.3, -0.25) is 4.90 Å². The highest BCUT2D eigenvalue weighted by Crippen LogP contribution is 2.49. The molecule has 2 unspecified atom stereocenters. The summed E-state index contributed by atoms with van der Waals surface area (Å²) in [7, 11) is 0. The van der Waals surface area contributed by atoms with Crippen molar-refractivity contribution >= 4 is 39.7 Å². The number of benzene rings is 2. The Morgan fingerprint density at radius 1 is 1.12 bits per heavy atom. The summed E-state index contributed by atoms with van der Waals surface area (Å²) >= 11 is 0. The van der Waals surface area contributed by atoms with E-state index in [-0.39, 0.29) is 90.1 Å². The lowest BCUT2D eigenvalue weighted by Crippen LogP contribution is -2.55. The highest BCUT2D eigenvalue weighted by Gasteiger charge is 2.50. The van der Waals surface area contributed by atoms with Gasteiger partial charge in [0, 0.05) is 49.3 Å². The second kappa shape index (κ2) is 10.8. The van der Waals surface area contributed by atoms with Crippen molar-refractivity contribution in [2.24, 2.45) is 0 Å². The van der Waals surface area contributed by atoms with Gasteiger partial charge in [-0.1, -0.05) is 0 Å². The van der Waals surface area contributed by atoms with Gasteiger partial charge in [-0.25, -0.2) is 18.0 Å². The number of anilines is 2. The monoisotopic (exact) mass is 675 g/mol. The number of halogens is 3. The Morgan fingerprint density at radius 3 is 2.65 bits per heavy atom. The quantitative estimate of drug-likeness (QED) is 0.291. The normalized spacial score (nSPS) is 26.1. The molecule has 2 aromatic heterocycles. The number of hydrogen-bond acceptors (Lipinski definition) is 10. The molecule has 1 amide bonds. The standard InChI is InChI=1S/C34H32F3N7O5/c35-16-8-34(6-1-7-43(34)10-16)15-48-32-40-29-26(31(41-32)44-17-2-3-18(44)12-42(11-17)33(45)46)21-14-47-13-20(21)25(28(29)37)27-22(36)4-5-23-24(27)19(9-38)30(39)49-23/h4-5,16-18H,1-3,6-8,10-15,39H2,(H,45,46)/t16-,17?,18?,34+/m1/s1. The molecule has 3 N–H and O–H groups in total. The van der Waals surface area contributed by atoms with Gasteiger partial charge in [-0.05, 0) is 55.5 Å². The number of piperazine rings is 1. The topological polar surface area (TPSA) is 154 Å². The van der Waals surface area contributed by atoms with Gasteiger partial charge in [0.1, 0.15) is 47.1 Å².